The summed E-state index contributed by atoms with van der Waals surface area (Å²) in [5, 5.41) is 3.70. The first-order valence-electron chi connectivity index (χ1n) is 7.23. The highest BCUT2D eigenvalue weighted by atomic mass is 32.1. The standard InChI is InChI=1S/C16H22N2S/c1-12-6-4-5-9-18(12)15(10-17)14-11-19-16-8-3-2-7-13(14)16/h2-3,7-8,11-12,15H,4-6,9-10,17H2,1H3. The summed E-state index contributed by atoms with van der Waals surface area (Å²) in [4.78, 5) is 2.61. The molecule has 3 heteroatoms. The van der Waals surface area contributed by atoms with Gasteiger partial charge in [0.05, 0.1) is 0 Å². The van der Waals surface area contributed by atoms with Gasteiger partial charge in [-0.15, -0.1) is 11.3 Å². The number of hydrogen-bond acceptors (Lipinski definition) is 3. The highest BCUT2D eigenvalue weighted by Gasteiger charge is 2.27. The van der Waals surface area contributed by atoms with Crippen LogP contribution in [0.25, 0.3) is 10.1 Å². The molecular weight excluding hydrogens is 252 g/mol. The van der Waals surface area contributed by atoms with Gasteiger partial charge in [0, 0.05) is 23.3 Å². The molecule has 2 N–H and O–H groups in total. The summed E-state index contributed by atoms with van der Waals surface area (Å²) in [6.45, 7) is 4.24. The van der Waals surface area contributed by atoms with Gasteiger partial charge in [0.25, 0.3) is 0 Å². The zero-order valence-electron chi connectivity index (χ0n) is 11.5. The normalized spacial score (nSPS) is 22.7. The summed E-state index contributed by atoms with van der Waals surface area (Å²) in [5.74, 6) is 0. The number of thiophene rings is 1. The van der Waals surface area contributed by atoms with E-state index in [1.54, 1.807) is 0 Å². The smallest absolute Gasteiger partial charge is 0.0487 e. The fraction of sp³-hybridized carbons (Fsp3) is 0.500. The molecule has 0 aliphatic carbocycles. The maximum Gasteiger partial charge on any atom is 0.0487 e. The van der Waals surface area contributed by atoms with Crippen LogP contribution >= 0.6 is 11.3 Å². The van der Waals surface area contributed by atoms with Crippen molar-refractivity contribution in [1.29, 1.82) is 0 Å². The van der Waals surface area contributed by atoms with E-state index < -0.39 is 0 Å². The van der Waals surface area contributed by atoms with Crippen molar-refractivity contribution in [3.8, 4) is 0 Å². The lowest BCUT2D eigenvalue weighted by Crippen LogP contribution is -2.42. The molecule has 1 aromatic carbocycles. The molecular formula is C16H22N2S. The van der Waals surface area contributed by atoms with Crippen LogP contribution in [0.1, 0.15) is 37.8 Å². The maximum atomic E-state index is 6.11. The van der Waals surface area contributed by atoms with Crippen molar-refractivity contribution in [3.63, 3.8) is 0 Å². The molecule has 1 aromatic heterocycles. The van der Waals surface area contributed by atoms with E-state index in [1.807, 2.05) is 11.3 Å². The Morgan fingerprint density at radius 2 is 2.21 bits per heavy atom. The van der Waals surface area contributed by atoms with Crippen molar-refractivity contribution in [1.82, 2.24) is 4.90 Å². The van der Waals surface area contributed by atoms with Crippen molar-refractivity contribution in [2.45, 2.75) is 38.3 Å². The van der Waals surface area contributed by atoms with Crippen LogP contribution in [-0.4, -0.2) is 24.0 Å². The fourth-order valence-corrected chi connectivity index (χ4v) is 4.29. The van der Waals surface area contributed by atoms with Crippen molar-refractivity contribution < 1.29 is 0 Å². The number of likely N-dealkylation sites (tertiary alicyclic amines) is 1. The van der Waals surface area contributed by atoms with Crippen molar-refractivity contribution in [2.75, 3.05) is 13.1 Å². The summed E-state index contributed by atoms with van der Waals surface area (Å²) in [7, 11) is 0. The van der Waals surface area contributed by atoms with Crippen molar-refractivity contribution in [3.05, 3.63) is 35.2 Å². The lowest BCUT2D eigenvalue weighted by molar-refractivity contribution is 0.110. The van der Waals surface area contributed by atoms with Crippen LogP contribution < -0.4 is 5.73 Å². The van der Waals surface area contributed by atoms with Gasteiger partial charge in [-0.2, -0.15) is 0 Å². The Kier molecular flexibility index (Phi) is 3.87. The van der Waals surface area contributed by atoms with Crippen LogP contribution in [0.15, 0.2) is 29.6 Å². The Morgan fingerprint density at radius 3 is 3.00 bits per heavy atom. The molecule has 19 heavy (non-hydrogen) atoms. The summed E-state index contributed by atoms with van der Waals surface area (Å²) < 4.78 is 1.38. The first-order valence-corrected chi connectivity index (χ1v) is 8.11. The van der Waals surface area contributed by atoms with E-state index in [0.29, 0.717) is 18.6 Å². The van der Waals surface area contributed by atoms with Gasteiger partial charge < -0.3 is 5.73 Å². The Labute approximate surface area is 119 Å². The maximum absolute atomic E-state index is 6.11. The monoisotopic (exact) mass is 274 g/mol. The van der Waals surface area contributed by atoms with E-state index in [1.165, 1.54) is 41.5 Å². The zero-order chi connectivity index (χ0) is 13.2. The predicted molar refractivity (Wildman–Crippen MR) is 83.6 cm³/mol. The molecule has 0 saturated carbocycles. The number of rotatable bonds is 3. The Bertz CT molecular complexity index is 548. The average molecular weight is 274 g/mol. The number of nitrogens with two attached hydrogens (primary N) is 1. The molecule has 2 aromatic rings. The molecule has 3 rings (SSSR count). The molecule has 102 valence electrons. The summed E-state index contributed by atoms with van der Waals surface area (Å²) in [6, 6.07) is 9.72. The molecule has 1 saturated heterocycles. The van der Waals surface area contributed by atoms with E-state index in [2.05, 4.69) is 41.5 Å². The highest BCUT2D eigenvalue weighted by Crippen LogP contribution is 2.35. The van der Waals surface area contributed by atoms with Gasteiger partial charge in [-0.3, -0.25) is 4.90 Å². The minimum atomic E-state index is 0.381. The fourth-order valence-electron chi connectivity index (χ4n) is 3.28. The van der Waals surface area contributed by atoms with E-state index in [4.69, 9.17) is 5.73 Å². The van der Waals surface area contributed by atoms with Crippen LogP contribution in [0.3, 0.4) is 0 Å². The van der Waals surface area contributed by atoms with Gasteiger partial charge >= 0.3 is 0 Å². The van der Waals surface area contributed by atoms with Crippen LogP contribution in [0, 0.1) is 0 Å². The molecule has 2 heterocycles. The first-order chi connectivity index (χ1) is 9.31. The summed E-state index contributed by atoms with van der Waals surface area (Å²) in [6.07, 6.45) is 3.97. The number of benzene rings is 1. The minimum Gasteiger partial charge on any atom is -0.329 e. The third-order valence-electron chi connectivity index (χ3n) is 4.35. The third kappa shape index (κ3) is 2.42. The minimum absolute atomic E-state index is 0.381. The lowest BCUT2D eigenvalue weighted by atomic mass is 9.97. The van der Waals surface area contributed by atoms with Gasteiger partial charge in [-0.05, 0) is 48.7 Å². The molecule has 1 aliphatic rings. The van der Waals surface area contributed by atoms with E-state index >= 15 is 0 Å². The van der Waals surface area contributed by atoms with E-state index in [9.17, 15) is 0 Å². The molecule has 0 radical (unpaired) electrons. The number of nitrogens with zero attached hydrogens (tertiary/aromatic N) is 1. The van der Waals surface area contributed by atoms with Crippen LogP contribution in [-0.2, 0) is 0 Å². The molecule has 0 bridgehead atoms. The Morgan fingerprint density at radius 1 is 1.37 bits per heavy atom. The first kappa shape index (κ1) is 13.1. The van der Waals surface area contributed by atoms with E-state index in [-0.39, 0.29) is 0 Å². The Balaban J connectivity index is 1.97. The number of hydrogen-bond donors (Lipinski definition) is 1. The average Bonchev–Trinajstić information content (AvgIpc) is 2.86. The summed E-state index contributed by atoms with van der Waals surface area (Å²) in [5.41, 5.74) is 7.54. The van der Waals surface area contributed by atoms with Gasteiger partial charge in [0.15, 0.2) is 0 Å². The second-order valence-electron chi connectivity index (χ2n) is 5.52. The Hall–Kier alpha value is -0.900. The predicted octanol–water partition coefficient (Wildman–Crippen LogP) is 3.78. The largest absolute Gasteiger partial charge is 0.329 e. The van der Waals surface area contributed by atoms with Gasteiger partial charge in [0.1, 0.15) is 0 Å². The van der Waals surface area contributed by atoms with Crippen LogP contribution in [0.4, 0.5) is 0 Å². The second-order valence-corrected chi connectivity index (χ2v) is 6.43. The molecule has 1 aliphatic heterocycles. The van der Waals surface area contributed by atoms with Gasteiger partial charge in [-0.1, -0.05) is 24.6 Å². The molecule has 0 spiro atoms. The van der Waals surface area contributed by atoms with Crippen molar-refractivity contribution in [2.24, 2.45) is 5.73 Å². The lowest BCUT2D eigenvalue weighted by Gasteiger charge is -2.39. The molecule has 0 amide bonds. The molecule has 2 nitrogen and oxygen atoms in total. The molecule has 2 atom stereocenters. The third-order valence-corrected chi connectivity index (χ3v) is 5.33. The molecule has 2 unspecified atom stereocenters. The number of fused-ring (bicyclic) bond motifs is 1. The van der Waals surface area contributed by atoms with E-state index in [0.717, 1.165) is 0 Å². The van der Waals surface area contributed by atoms with Crippen LogP contribution in [0.2, 0.25) is 0 Å². The summed E-state index contributed by atoms with van der Waals surface area (Å²) >= 11 is 1.84. The van der Waals surface area contributed by atoms with Crippen molar-refractivity contribution >= 4 is 21.4 Å². The van der Waals surface area contributed by atoms with Crippen LogP contribution in [0.5, 0.6) is 0 Å². The SMILES string of the molecule is CC1CCCCN1C(CN)c1csc2ccccc12. The quantitative estimate of drug-likeness (QED) is 0.923. The zero-order valence-corrected chi connectivity index (χ0v) is 12.3. The highest BCUT2D eigenvalue weighted by molar-refractivity contribution is 7.17. The molecule has 1 fully saturated rings. The van der Waals surface area contributed by atoms with Gasteiger partial charge in [0.2, 0.25) is 0 Å². The van der Waals surface area contributed by atoms with Gasteiger partial charge in [-0.25, -0.2) is 0 Å². The number of piperidine rings is 1. The topological polar surface area (TPSA) is 29.3 Å². The second kappa shape index (κ2) is 5.61.